The number of methoxy groups -OCH3 is 1. The fourth-order valence-electron chi connectivity index (χ4n) is 2.45. The molecular formula is C18H15F3N2O5. The number of nitrogens with one attached hydrogen (secondary N) is 1. The van der Waals surface area contributed by atoms with E-state index in [0.29, 0.717) is 0 Å². The summed E-state index contributed by atoms with van der Waals surface area (Å²) in [6.45, 7) is 0. The van der Waals surface area contributed by atoms with Crippen molar-refractivity contribution in [3.05, 3.63) is 75.3 Å². The summed E-state index contributed by atoms with van der Waals surface area (Å²) in [7, 11) is 1.07. The molecule has 0 heterocycles. The van der Waals surface area contributed by atoms with Crippen LogP contribution in [0.4, 0.5) is 18.9 Å². The van der Waals surface area contributed by atoms with Crippen molar-refractivity contribution >= 4 is 17.6 Å². The lowest BCUT2D eigenvalue weighted by Crippen LogP contribution is -2.43. The molecule has 0 saturated heterocycles. The van der Waals surface area contributed by atoms with E-state index in [2.05, 4.69) is 10.1 Å². The van der Waals surface area contributed by atoms with Crippen LogP contribution in [-0.2, 0) is 22.1 Å². The van der Waals surface area contributed by atoms with Gasteiger partial charge in [0.2, 0.25) is 0 Å². The molecule has 0 unspecified atom stereocenters. The largest absolute Gasteiger partial charge is 0.467 e. The maximum absolute atomic E-state index is 12.8. The van der Waals surface area contributed by atoms with Crippen molar-refractivity contribution < 1.29 is 32.4 Å². The van der Waals surface area contributed by atoms with Gasteiger partial charge in [-0.1, -0.05) is 24.3 Å². The number of halogens is 3. The number of benzene rings is 2. The molecule has 0 aliphatic heterocycles. The minimum absolute atomic E-state index is 0.0767. The van der Waals surface area contributed by atoms with Gasteiger partial charge in [-0.05, 0) is 17.7 Å². The maximum Gasteiger partial charge on any atom is 0.416 e. The number of carbonyl (C=O) groups excluding carboxylic acids is 2. The van der Waals surface area contributed by atoms with Crippen molar-refractivity contribution in [2.45, 2.75) is 18.6 Å². The summed E-state index contributed by atoms with van der Waals surface area (Å²) in [5, 5.41) is 13.2. The summed E-state index contributed by atoms with van der Waals surface area (Å²) >= 11 is 0. The number of alkyl halides is 3. The molecule has 0 radical (unpaired) electrons. The Hall–Kier alpha value is -3.43. The predicted molar refractivity (Wildman–Crippen MR) is 91.5 cm³/mol. The first kappa shape index (κ1) is 20.9. The third kappa shape index (κ3) is 5.29. The molecule has 7 nitrogen and oxygen atoms in total. The van der Waals surface area contributed by atoms with Crippen LogP contribution in [0.2, 0.25) is 0 Å². The lowest BCUT2D eigenvalue weighted by atomic mass is 10.0. The van der Waals surface area contributed by atoms with E-state index < -0.39 is 34.6 Å². The molecule has 0 spiro atoms. The van der Waals surface area contributed by atoms with Crippen LogP contribution < -0.4 is 5.32 Å². The van der Waals surface area contributed by atoms with Crippen LogP contribution in [-0.4, -0.2) is 30.0 Å². The van der Waals surface area contributed by atoms with E-state index in [1.54, 1.807) is 0 Å². The van der Waals surface area contributed by atoms with E-state index in [1.165, 1.54) is 30.3 Å². The lowest BCUT2D eigenvalue weighted by Gasteiger charge is -2.17. The van der Waals surface area contributed by atoms with Gasteiger partial charge in [-0.25, -0.2) is 4.79 Å². The van der Waals surface area contributed by atoms with Gasteiger partial charge >= 0.3 is 12.1 Å². The zero-order valence-corrected chi connectivity index (χ0v) is 14.5. The number of amides is 1. The lowest BCUT2D eigenvalue weighted by molar-refractivity contribution is -0.384. The number of hydrogen-bond acceptors (Lipinski definition) is 5. The first-order valence-corrected chi connectivity index (χ1v) is 7.91. The molecule has 2 aromatic rings. The highest BCUT2D eigenvalue weighted by Crippen LogP contribution is 2.29. The van der Waals surface area contributed by atoms with Gasteiger partial charge in [0.15, 0.2) is 0 Å². The van der Waals surface area contributed by atoms with Crippen LogP contribution in [0, 0.1) is 10.1 Å². The first-order chi connectivity index (χ1) is 13.1. The Balaban J connectivity index is 2.23. The zero-order valence-electron chi connectivity index (χ0n) is 14.5. The van der Waals surface area contributed by atoms with Crippen molar-refractivity contribution in [1.82, 2.24) is 5.32 Å². The average Bonchev–Trinajstić information content (AvgIpc) is 2.66. The summed E-state index contributed by atoms with van der Waals surface area (Å²) in [6, 6.07) is 7.87. The highest BCUT2D eigenvalue weighted by atomic mass is 19.4. The predicted octanol–water partition coefficient (Wildman–Crippen LogP) is 3.13. The van der Waals surface area contributed by atoms with Gasteiger partial charge in [0.1, 0.15) is 6.04 Å². The molecule has 0 fully saturated rings. The van der Waals surface area contributed by atoms with Crippen molar-refractivity contribution in [2.24, 2.45) is 0 Å². The Morgan fingerprint density at radius 2 is 1.86 bits per heavy atom. The Kier molecular flexibility index (Phi) is 6.34. The molecule has 0 aromatic heterocycles. The molecular weight excluding hydrogens is 381 g/mol. The fourth-order valence-corrected chi connectivity index (χ4v) is 2.45. The van der Waals surface area contributed by atoms with Gasteiger partial charge in [-0.2, -0.15) is 13.2 Å². The number of ether oxygens (including phenoxy) is 1. The molecule has 0 saturated carbocycles. The minimum atomic E-state index is -4.55. The molecule has 0 aliphatic carbocycles. The smallest absolute Gasteiger partial charge is 0.416 e. The van der Waals surface area contributed by atoms with Crippen molar-refractivity contribution in [3.63, 3.8) is 0 Å². The summed E-state index contributed by atoms with van der Waals surface area (Å²) in [4.78, 5) is 34.4. The molecule has 10 heteroatoms. The molecule has 1 atom stereocenters. The molecule has 1 N–H and O–H groups in total. The van der Waals surface area contributed by atoms with Crippen LogP contribution in [0.3, 0.4) is 0 Å². The number of non-ortho nitro benzene ring substituents is 1. The number of rotatable bonds is 6. The zero-order chi connectivity index (χ0) is 20.9. The third-order valence-corrected chi connectivity index (χ3v) is 3.80. The van der Waals surface area contributed by atoms with Crippen LogP contribution in [0.15, 0.2) is 48.5 Å². The van der Waals surface area contributed by atoms with Gasteiger partial charge in [-0.3, -0.25) is 14.9 Å². The van der Waals surface area contributed by atoms with Crippen molar-refractivity contribution in [2.75, 3.05) is 7.11 Å². The maximum atomic E-state index is 12.8. The number of esters is 1. The molecule has 0 bridgehead atoms. The normalized spacial score (nSPS) is 12.1. The topological polar surface area (TPSA) is 98.5 Å². The summed E-state index contributed by atoms with van der Waals surface area (Å²) in [5.41, 5.74) is -1.13. The summed E-state index contributed by atoms with van der Waals surface area (Å²) in [5.74, 6) is -1.66. The second-order valence-electron chi connectivity index (χ2n) is 5.76. The number of nitro benzene ring substituents is 1. The second-order valence-corrected chi connectivity index (χ2v) is 5.76. The molecule has 148 valence electrons. The molecule has 1 amide bonds. The third-order valence-electron chi connectivity index (χ3n) is 3.80. The van der Waals surface area contributed by atoms with E-state index in [-0.39, 0.29) is 23.2 Å². The van der Waals surface area contributed by atoms with Crippen molar-refractivity contribution in [1.29, 1.82) is 0 Å². The van der Waals surface area contributed by atoms with E-state index in [1.807, 2.05) is 0 Å². The van der Waals surface area contributed by atoms with Gasteiger partial charge in [-0.15, -0.1) is 0 Å². The van der Waals surface area contributed by atoms with Gasteiger partial charge in [0, 0.05) is 24.1 Å². The second kappa shape index (κ2) is 8.51. The Bertz CT molecular complexity index is 899. The van der Waals surface area contributed by atoms with Crippen LogP contribution in [0.25, 0.3) is 0 Å². The molecule has 28 heavy (non-hydrogen) atoms. The number of hydrogen-bond donors (Lipinski definition) is 1. The van der Waals surface area contributed by atoms with Crippen LogP contribution >= 0.6 is 0 Å². The molecule has 2 aromatic carbocycles. The highest BCUT2D eigenvalue weighted by molar-refractivity contribution is 5.97. The fraction of sp³-hybridized carbons (Fsp3) is 0.222. The van der Waals surface area contributed by atoms with Gasteiger partial charge < -0.3 is 10.1 Å². The Labute approximate surface area is 157 Å². The molecule has 0 aliphatic rings. The Morgan fingerprint density at radius 1 is 1.18 bits per heavy atom. The number of nitrogens with zero attached hydrogens (tertiary/aromatic N) is 1. The number of nitro groups is 1. The first-order valence-electron chi connectivity index (χ1n) is 7.91. The minimum Gasteiger partial charge on any atom is -0.467 e. The number of carbonyl (C=O) groups is 2. The Morgan fingerprint density at radius 3 is 2.46 bits per heavy atom. The van der Waals surface area contributed by atoms with Crippen molar-refractivity contribution in [3.8, 4) is 0 Å². The quantitative estimate of drug-likeness (QED) is 0.460. The van der Waals surface area contributed by atoms with E-state index in [9.17, 15) is 32.9 Å². The van der Waals surface area contributed by atoms with Gasteiger partial charge in [0.05, 0.1) is 17.6 Å². The highest BCUT2D eigenvalue weighted by Gasteiger charge is 2.31. The average molecular weight is 396 g/mol. The monoisotopic (exact) mass is 396 g/mol. The van der Waals surface area contributed by atoms with Crippen LogP contribution in [0.5, 0.6) is 0 Å². The van der Waals surface area contributed by atoms with E-state index in [4.69, 9.17) is 0 Å². The van der Waals surface area contributed by atoms with Crippen LogP contribution in [0.1, 0.15) is 21.5 Å². The summed E-state index contributed by atoms with van der Waals surface area (Å²) in [6.07, 6.45) is -4.81. The van der Waals surface area contributed by atoms with E-state index >= 15 is 0 Å². The summed E-state index contributed by atoms with van der Waals surface area (Å²) < 4.78 is 43.1. The van der Waals surface area contributed by atoms with Gasteiger partial charge in [0.25, 0.3) is 11.6 Å². The SMILES string of the molecule is COC(=O)[C@H](Cc1cccc(C(F)(F)F)c1)NC(=O)c1cccc([N+](=O)[O-])c1. The molecule has 2 rings (SSSR count). The standard InChI is InChI=1S/C18H15F3N2O5/c1-28-17(25)15(9-11-4-2-6-13(8-11)18(19,20)21)22-16(24)12-5-3-7-14(10-12)23(26)27/h2-8,10,15H,9H2,1H3,(H,22,24)/t15-/m0/s1. The van der Waals surface area contributed by atoms with E-state index in [0.717, 1.165) is 25.3 Å².